The number of aromatic nitrogens is 5. The second-order valence-corrected chi connectivity index (χ2v) is 7.74. The minimum Gasteiger partial charge on any atom is -0.310 e. The van der Waals surface area contributed by atoms with Crippen LogP contribution in [-0.2, 0) is 4.79 Å². The molecule has 0 aliphatic rings. The molecule has 3 aromatic heterocycles. The lowest BCUT2D eigenvalue weighted by Gasteiger charge is -2.12. The maximum absolute atomic E-state index is 12.4. The van der Waals surface area contributed by atoms with Crippen molar-refractivity contribution < 1.29 is 4.79 Å². The molecule has 150 valence electrons. The van der Waals surface area contributed by atoms with Gasteiger partial charge in [0.05, 0.1) is 16.5 Å². The molecule has 0 bridgehead atoms. The second-order valence-electron chi connectivity index (χ2n) is 6.36. The molecular weight excluding hydrogens is 420 g/mol. The Morgan fingerprint density at radius 2 is 1.90 bits per heavy atom. The average molecular weight is 437 g/mol. The van der Waals surface area contributed by atoms with E-state index in [1.165, 1.54) is 18.0 Å². The van der Waals surface area contributed by atoms with Crippen LogP contribution < -0.4 is 5.32 Å². The molecule has 0 atom stereocenters. The third-order valence-electron chi connectivity index (χ3n) is 4.26. The van der Waals surface area contributed by atoms with Gasteiger partial charge >= 0.3 is 0 Å². The van der Waals surface area contributed by atoms with E-state index in [1.807, 2.05) is 47.9 Å². The SMILES string of the molecule is Cc1ccccc1-n1c(SCC(=O)Nc2ccc(Cl)cn2)nnc1-c1ccncc1. The normalized spacial score (nSPS) is 10.7. The van der Waals surface area contributed by atoms with Crippen LogP contribution in [0.2, 0.25) is 5.02 Å². The first-order valence-corrected chi connectivity index (χ1v) is 10.4. The number of hydrogen-bond acceptors (Lipinski definition) is 6. The van der Waals surface area contributed by atoms with Crippen LogP contribution in [0.25, 0.3) is 17.1 Å². The van der Waals surface area contributed by atoms with Gasteiger partial charge in [0.2, 0.25) is 5.91 Å². The number of nitrogens with zero attached hydrogens (tertiary/aromatic N) is 5. The second kappa shape index (κ2) is 9.06. The molecule has 4 aromatic rings. The number of halogens is 1. The van der Waals surface area contributed by atoms with Crippen molar-refractivity contribution in [2.75, 3.05) is 11.1 Å². The summed E-state index contributed by atoms with van der Waals surface area (Å²) in [7, 11) is 0. The van der Waals surface area contributed by atoms with Gasteiger partial charge in [-0.05, 0) is 42.8 Å². The number of amides is 1. The van der Waals surface area contributed by atoms with Gasteiger partial charge in [0, 0.05) is 24.2 Å². The highest BCUT2D eigenvalue weighted by molar-refractivity contribution is 7.99. The number of pyridine rings is 2. The van der Waals surface area contributed by atoms with Crippen molar-refractivity contribution in [3.63, 3.8) is 0 Å². The summed E-state index contributed by atoms with van der Waals surface area (Å²) >= 11 is 7.13. The predicted molar refractivity (Wildman–Crippen MR) is 118 cm³/mol. The molecule has 0 aliphatic carbocycles. The van der Waals surface area contributed by atoms with E-state index in [1.54, 1.807) is 24.5 Å². The van der Waals surface area contributed by atoms with Crippen LogP contribution in [0, 0.1) is 6.92 Å². The lowest BCUT2D eigenvalue weighted by molar-refractivity contribution is -0.113. The van der Waals surface area contributed by atoms with Crippen molar-refractivity contribution in [1.82, 2.24) is 24.7 Å². The molecule has 1 aromatic carbocycles. The monoisotopic (exact) mass is 436 g/mol. The van der Waals surface area contributed by atoms with E-state index >= 15 is 0 Å². The van der Waals surface area contributed by atoms with Gasteiger partial charge < -0.3 is 5.32 Å². The molecule has 9 heteroatoms. The Balaban J connectivity index is 1.60. The molecule has 0 saturated carbocycles. The Kier molecular flexibility index (Phi) is 6.06. The Labute approximate surface area is 182 Å². The fourth-order valence-corrected chi connectivity index (χ4v) is 3.70. The van der Waals surface area contributed by atoms with E-state index in [-0.39, 0.29) is 11.7 Å². The van der Waals surface area contributed by atoms with Crippen molar-refractivity contribution in [1.29, 1.82) is 0 Å². The van der Waals surface area contributed by atoms with Gasteiger partial charge in [-0.2, -0.15) is 0 Å². The molecule has 1 amide bonds. The van der Waals surface area contributed by atoms with Gasteiger partial charge in [-0.1, -0.05) is 41.6 Å². The molecule has 4 rings (SSSR count). The molecule has 30 heavy (non-hydrogen) atoms. The number of carbonyl (C=O) groups excluding carboxylic acids is 1. The zero-order chi connectivity index (χ0) is 20.9. The Hall–Kier alpha value is -3.23. The third-order valence-corrected chi connectivity index (χ3v) is 5.41. The fraction of sp³-hybridized carbons (Fsp3) is 0.0952. The highest BCUT2D eigenvalue weighted by Crippen LogP contribution is 2.29. The third kappa shape index (κ3) is 4.50. The molecule has 0 unspecified atom stereocenters. The Morgan fingerprint density at radius 1 is 1.10 bits per heavy atom. The van der Waals surface area contributed by atoms with Crippen molar-refractivity contribution >= 4 is 35.1 Å². The number of thioether (sulfide) groups is 1. The first-order valence-electron chi connectivity index (χ1n) is 9.08. The van der Waals surface area contributed by atoms with Crippen molar-refractivity contribution in [3.8, 4) is 17.1 Å². The largest absolute Gasteiger partial charge is 0.310 e. The zero-order valence-corrected chi connectivity index (χ0v) is 17.6. The van der Waals surface area contributed by atoms with Gasteiger partial charge in [-0.3, -0.25) is 14.3 Å². The van der Waals surface area contributed by atoms with Crippen LogP contribution >= 0.6 is 23.4 Å². The number of hydrogen-bond donors (Lipinski definition) is 1. The Morgan fingerprint density at radius 3 is 2.63 bits per heavy atom. The van der Waals surface area contributed by atoms with E-state index in [2.05, 4.69) is 25.5 Å². The molecule has 7 nitrogen and oxygen atoms in total. The van der Waals surface area contributed by atoms with Gasteiger partial charge in [-0.15, -0.1) is 10.2 Å². The quantitative estimate of drug-likeness (QED) is 0.450. The smallest absolute Gasteiger partial charge is 0.236 e. The minimum absolute atomic E-state index is 0.157. The average Bonchev–Trinajstić information content (AvgIpc) is 3.18. The molecule has 0 spiro atoms. The standard InChI is InChI=1S/C21H17ClN6OS/c1-14-4-2-3-5-17(14)28-20(15-8-10-23-11-9-15)26-27-21(28)30-13-19(29)25-18-7-6-16(22)12-24-18/h2-12H,13H2,1H3,(H,24,25,29). The molecule has 1 N–H and O–H groups in total. The summed E-state index contributed by atoms with van der Waals surface area (Å²) in [6.45, 7) is 2.03. The van der Waals surface area contributed by atoms with Gasteiger partial charge in [0.15, 0.2) is 11.0 Å². The minimum atomic E-state index is -0.195. The van der Waals surface area contributed by atoms with Gasteiger partial charge in [0.1, 0.15) is 5.82 Å². The number of nitrogens with one attached hydrogen (secondary N) is 1. The van der Waals surface area contributed by atoms with Crippen LogP contribution in [0.4, 0.5) is 5.82 Å². The topological polar surface area (TPSA) is 85.6 Å². The fourth-order valence-electron chi connectivity index (χ4n) is 2.84. The molecular formula is C21H17ClN6OS. The van der Waals surface area contributed by atoms with Crippen LogP contribution in [-0.4, -0.2) is 36.4 Å². The number of benzene rings is 1. The lowest BCUT2D eigenvalue weighted by atomic mass is 10.2. The molecule has 0 saturated heterocycles. The maximum atomic E-state index is 12.4. The lowest BCUT2D eigenvalue weighted by Crippen LogP contribution is -2.15. The summed E-state index contributed by atoms with van der Waals surface area (Å²) < 4.78 is 1.96. The first kappa shape index (κ1) is 20.1. The maximum Gasteiger partial charge on any atom is 0.236 e. The molecule has 0 aliphatic heterocycles. The number of anilines is 1. The summed E-state index contributed by atoms with van der Waals surface area (Å²) in [6, 6.07) is 15.1. The van der Waals surface area contributed by atoms with Crippen LogP contribution in [0.5, 0.6) is 0 Å². The van der Waals surface area contributed by atoms with Crippen LogP contribution in [0.15, 0.2) is 72.3 Å². The summed E-state index contributed by atoms with van der Waals surface area (Å²) in [4.78, 5) is 20.5. The van der Waals surface area contributed by atoms with Gasteiger partial charge in [0.25, 0.3) is 0 Å². The van der Waals surface area contributed by atoms with E-state index < -0.39 is 0 Å². The van der Waals surface area contributed by atoms with Crippen molar-refractivity contribution in [2.45, 2.75) is 12.1 Å². The molecule has 0 radical (unpaired) electrons. The summed E-state index contributed by atoms with van der Waals surface area (Å²) in [5, 5.41) is 12.6. The molecule has 3 heterocycles. The number of aryl methyl sites for hydroxylation is 1. The zero-order valence-electron chi connectivity index (χ0n) is 16.0. The number of rotatable bonds is 6. The first-order chi connectivity index (χ1) is 14.6. The number of para-hydroxylation sites is 1. The van der Waals surface area contributed by atoms with Gasteiger partial charge in [-0.25, -0.2) is 4.98 Å². The van der Waals surface area contributed by atoms with Crippen LogP contribution in [0.3, 0.4) is 0 Å². The number of carbonyl (C=O) groups is 1. The highest BCUT2D eigenvalue weighted by Gasteiger charge is 2.18. The highest BCUT2D eigenvalue weighted by atomic mass is 35.5. The van der Waals surface area contributed by atoms with Crippen molar-refractivity contribution in [3.05, 3.63) is 77.7 Å². The molecule has 0 fully saturated rings. The summed E-state index contributed by atoms with van der Waals surface area (Å²) in [5.41, 5.74) is 2.92. The van der Waals surface area contributed by atoms with Crippen LogP contribution in [0.1, 0.15) is 5.56 Å². The Bertz CT molecular complexity index is 1160. The van der Waals surface area contributed by atoms with E-state index in [4.69, 9.17) is 11.6 Å². The van der Waals surface area contributed by atoms with Crippen molar-refractivity contribution in [2.24, 2.45) is 0 Å². The predicted octanol–water partition coefficient (Wildman–Crippen LogP) is 4.42. The van der Waals surface area contributed by atoms with E-state index in [0.29, 0.717) is 21.8 Å². The summed E-state index contributed by atoms with van der Waals surface area (Å²) in [6.07, 6.45) is 4.91. The summed E-state index contributed by atoms with van der Waals surface area (Å²) in [5.74, 6) is 1.10. The van der Waals surface area contributed by atoms with E-state index in [0.717, 1.165) is 16.8 Å². The van der Waals surface area contributed by atoms with E-state index in [9.17, 15) is 4.79 Å².